The van der Waals surface area contributed by atoms with Gasteiger partial charge in [0, 0.05) is 16.8 Å². The number of aromatic nitrogens is 2. The summed E-state index contributed by atoms with van der Waals surface area (Å²) >= 11 is 0. The Kier molecular flexibility index (Phi) is 5.22. The smallest absolute Gasteiger partial charge is 0.256 e. The molecular weight excluding hydrogens is 366 g/mol. The molecule has 4 rings (SSSR count). The summed E-state index contributed by atoms with van der Waals surface area (Å²) in [6.45, 7) is 7.25. The molecule has 150 valence electrons. The first kappa shape index (κ1) is 19.4. The lowest BCUT2D eigenvalue weighted by Gasteiger charge is -2.20. The van der Waals surface area contributed by atoms with Crippen LogP contribution in [-0.2, 0) is 10.3 Å². The summed E-state index contributed by atoms with van der Waals surface area (Å²) < 4.78 is 4.86. The fourth-order valence-electron chi connectivity index (χ4n) is 3.42. The number of rotatable bonds is 4. The highest BCUT2D eigenvalue weighted by Gasteiger charge is 2.18. The number of pyridine rings is 1. The Morgan fingerprint density at radius 1 is 1.17 bits per heavy atom. The van der Waals surface area contributed by atoms with Gasteiger partial charge in [0.05, 0.1) is 24.4 Å². The molecule has 0 bridgehead atoms. The quantitative estimate of drug-likeness (QED) is 0.701. The third-order valence-corrected chi connectivity index (χ3v) is 5.14. The van der Waals surface area contributed by atoms with Gasteiger partial charge in [0.1, 0.15) is 6.26 Å². The van der Waals surface area contributed by atoms with E-state index in [4.69, 9.17) is 9.36 Å². The Morgan fingerprint density at radius 2 is 1.97 bits per heavy atom. The predicted molar refractivity (Wildman–Crippen MR) is 112 cm³/mol. The molecule has 0 amide bonds. The Balaban J connectivity index is 1.75. The molecule has 3 heterocycles. The van der Waals surface area contributed by atoms with Crippen molar-refractivity contribution in [3.8, 4) is 11.1 Å². The van der Waals surface area contributed by atoms with Gasteiger partial charge in [-0.15, -0.1) is 0 Å². The van der Waals surface area contributed by atoms with Crippen molar-refractivity contribution in [2.45, 2.75) is 38.6 Å². The van der Waals surface area contributed by atoms with Crippen molar-refractivity contribution in [2.24, 2.45) is 0 Å². The van der Waals surface area contributed by atoms with Crippen LogP contribution in [0.25, 0.3) is 16.7 Å². The zero-order valence-electron chi connectivity index (χ0n) is 16.9. The molecule has 1 aromatic carbocycles. The molecular formula is C23H25N3O3. The van der Waals surface area contributed by atoms with Gasteiger partial charge in [-0.1, -0.05) is 56.3 Å². The van der Waals surface area contributed by atoms with Crippen molar-refractivity contribution >= 4 is 5.57 Å². The molecule has 0 saturated carbocycles. The van der Waals surface area contributed by atoms with Crippen LogP contribution >= 0.6 is 0 Å². The van der Waals surface area contributed by atoms with E-state index in [0.717, 1.165) is 23.3 Å². The first-order valence-electron chi connectivity index (χ1n) is 9.75. The first-order chi connectivity index (χ1) is 13.9. The number of nitrogens with zero attached hydrogens (tertiary/aromatic N) is 1. The van der Waals surface area contributed by atoms with Crippen LogP contribution in [0.3, 0.4) is 0 Å². The molecule has 1 atom stereocenters. The highest BCUT2D eigenvalue weighted by molar-refractivity contribution is 5.79. The van der Waals surface area contributed by atoms with E-state index in [2.05, 4.69) is 66.7 Å². The molecule has 0 aliphatic carbocycles. The minimum atomic E-state index is -0.182. The zero-order chi connectivity index (χ0) is 20.4. The average Bonchev–Trinajstić information content (AvgIpc) is 3.40. The van der Waals surface area contributed by atoms with Crippen LogP contribution in [0.15, 0.2) is 64.3 Å². The normalized spacial score (nSPS) is 17.6. The number of H-pyrrole nitrogens is 1. The summed E-state index contributed by atoms with van der Waals surface area (Å²) in [6, 6.07) is 12.3. The Hall–Kier alpha value is -2.96. The van der Waals surface area contributed by atoms with E-state index in [-0.39, 0.29) is 17.0 Å². The minimum absolute atomic E-state index is 0.0812. The van der Waals surface area contributed by atoms with Gasteiger partial charge in [0.15, 0.2) is 0 Å². The lowest BCUT2D eigenvalue weighted by molar-refractivity contribution is 0.0944. The van der Waals surface area contributed by atoms with Gasteiger partial charge < -0.3 is 14.3 Å². The predicted octanol–water partition coefficient (Wildman–Crippen LogP) is 4.05. The Bertz CT molecular complexity index is 1050. The number of hydrogen-bond acceptors (Lipinski definition) is 5. The molecule has 1 saturated heterocycles. The van der Waals surface area contributed by atoms with Crippen LogP contribution < -0.4 is 11.0 Å². The summed E-state index contributed by atoms with van der Waals surface area (Å²) in [5.74, 6) is 0. The molecule has 0 unspecified atom stereocenters. The van der Waals surface area contributed by atoms with E-state index >= 15 is 0 Å². The van der Waals surface area contributed by atoms with E-state index in [1.54, 1.807) is 6.07 Å². The second kappa shape index (κ2) is 7.81. The number of hydroxylamine groups is 1. The Labute approximate surface area is 169 Å². The second-order valence-electron chi connectivity index (χ2n) is 8.30. The van der Waals surface area contributed by atoms with Crippen molar-refractivity contribution in [3.05, 3.63) is 82.1 Å². The molecule has 1 fully saturated rings. The molecule has 29 heavy (non-hydrogen) atoms. The Morgan fingerprint density at radius 3 is 2.55 bits per heavy atom. The van der Waals surface area contributed by atoms with Crippen molar-refractivity contribution < 1.29 is 9.36 Å². The second-order valence-corrected chi connectivity index (χ2v) is 8.30. The van der Waals surface area contributed by atoms with Gasteiger partial charge in [0.25, 0.3) is 5.56 Å². The molecule has 3 aromatic rings. The van der Waals surface area contributed by atoms with Crippen LogP contribution in [0.5, 0.6) is 0 Å². The molecule has 1 aliphatic rings. The van der Waals surface area contributed by atoms with Crippen molar-refractivity contribution in [1.82, 2.24) is 15.6 Å². The summed E-state index contributed by atoms with van der Waals surface area (Å²) in [5.41, 5.74) is 8.13. The summed E-state index contributed by atoms with van der Waals surface area (Å²) in [6.07, 6.45) is 5.99. The van der Waals surface area contributed by atoms with Gasteiger partial charge in [-0.25, -0.2) is 0 Å². The third-order valence-electron chi connectivity index (χ3n) is 5.14. The van der Waals surface area contributed by atoms with Gasteiger partial charge in [0.2, 0.25) is 0 Å². The topological polar surface area (TPSA) is 80.2 Å². The number of hydrogen-bond donors (Lipinski definition) is 2. The van der Waals surface area contributed by atoms with Crippen molar-refractivity contribution in [3.63, 3.8) is 0 Å². The molecule has 2 aromatic heterocycles. The molecule has 6 heteroatoms. The maximum Gasteiger partial charge on any atom is 0.256 e. The number of nitrogens with one attached hydrogen (secondary N) is 2. The van der Waals surface area contributed by atoms with Gasteiger partial charge >= 0.3 is 0 Å². The van der Waals surface area contributed by atoms with E-state index in [1.807, 2.05) is 6.07 Å². The molecule has 0 radical (unpaired) electrons. The third kappa shape index (κ3) is 4.23. The highest BCUT2D eigenvalue weighted by atomic mass is 16.7. The summed E-state index contributed by atoms with van der Waals surface area (Å²) in [4.78, 5) is 21.0. The molecule has 0 spiro atoms. The maximum absolute atomic E-state index is 12.7. The van der Waals surface area contributed by atoms with Gasteiger partial charge in [-0.3, -0.25) is 4.79 Å². The molecule has 1 aliphatic heterocycles. The van der Waals surface area contributed by atoms with Crippen LogP contribution in [-0.4, -0.2) is 22.8 Å². The van der Waals surface area contributed by atoms with Gasteiger partial charge in [-0.05, 0) is 35.1 Å². The first-order valence-corrected chi connectivity index (χ1v) is 9.75. The fourth-order valence-corrected chi connectivity index (χ4v) is 3.42. The lowest BCUT2D eigenvalue weighted by atomic mass is 9.86. The lowest BCUT2D eigenvalue weighted by Crippen LogP contribution is -2.18. The van der Waals surface area contributed by atoms with Crippen LogP contribution in [0.2, 0.25) is 0 Å². The summed E-state index contributed by atoms with van der Waals surface area (Å²) in [7, 11) is 0. The maximum atomic E-state index is 12.7. The highest BCUT2D eigenvalue weighted by Crippen LogP contribution is 2.28. The van der Waals surface area contributed by atoms with Gasteiger partial charge in [-0.2, -0.15) is 5.48 Å². The number of aromatic amines is 1. The van der Waals surface area contributed by atoms with Crippen LogP contribution in [0, 0.1) is 0 Å². The molecule has 2 N–H and O–H groups in total. The standard InChI is InChI=1S/C23H25N3O3/c1-23(2,3)17-6-4-15(5-7-17)20(12-18-10-11-28-26-18)21-9-8-19(22(27)25-21)16-13-24-29-14-16/h4-9,12-14,18,26H,10-11H2,1-3H3,(H,25,27)/b20-12+/t18-/m1/s1. The van der Waals surface area contributed by atoms with Crippen LogP contribution in [0.1, 0.15) is 44.0 Å². The van der Waals surface area contributed by atoms with Crippen LogP contribution in [0.4, 0.5) is 0 Å². The SMILES string of the molecule is CC(C)(C)c1ccc(/C(=C\[C@H]2CCON2)c2ccc(-c3cnoc3)c(=O)[nH]2)cc1. The van der Waals surface area contributed by atoms with E-state index < -0.39 is 0 Å². The van der Waals surface area contributed by atoms with E-state index in [0.29, 0.717) is 17.7 Å². The monoisotopic (exact) mass is 391 g/mol. The molecule has 6 nitrogen and oxygen atoms in total. The average molecular weight is 391 g/mol. The zero-order valence-corrected chi connectivity index (χ0v) is 16.9. The van der Waals surface area contributed by atoms with Crippen molar-refractivity contribution in [1.29, 1.82) is 0 Å². The minimum Gasteiger partial charge on any atom is -0.364 e. The summed E-state index contributed by atoms with van der Waals surface area (Å²) in [5, 5.41) is 3.68. The van der Waals surface area contributed by atoms with Crippen molar-refractivity contribution in [2.75, 3.05) is 6.61 Å². The number of benzene rings is 1. The largest absolute Gasteiger partial charge is 0.364 e. The van der Waals surface area contributed by atoms with E-state index in [1.165, 1.54) is 18.0 Å². The van der Waals surface area contributed by atoms with E-state index in [9.17, 15) is 4.79 Å². The fraction of sp³-hybridized carbons (Fsp3) is 0.304.